The van der Waals surface area contributed by atoms with E-state index in [1.807, 2.05) is 25.3 Å². The lowest BCUT2D eigenvalue weighted by Gasteiger charge is -2.20. The van der Waals surface area contributed by atoms with Crippen LogP contribution >= 0.6 is 0 Å². The molecule has 42 heavy (non-hydrogen) atoms. The first kappa shape index (κ1) is 23.0. The number of aromatic nitrogens is 6. The van der Waals surface area contributed by atoms with Crippen molar-refractivity contribution in [2.24, 2.45) is 11.8 Å². The molecule has 4 aromatic heterocycles. The van der Waals surface area contributed by atoms with Gasteiger partial charge in [0.1, 0.15) is 11.3 Å². The average molecular weight is 568 g/mol. The van der Waals surface area contributed by atoms with E-state index in [-0.39, 0.29) is 35.5 Å². The maximum atomic E-state index is 12.8. The number of methoxy groups -OCH3 is 1. The van der Waals surface area contributed by atoms with E-state index < -0.39 is 6.98 Å². The van der Waals surface area contributed by atoms with Crippen LogP contribution in [0.1, 0.15) is 40.9 Å². The molecule has 5 aromatic rings. The second kappa shape index (κ2) is 10.6. The summed E-state index contributed by atoms with van der Waals surface area (Å²) in [6.45, 7) is 0.910. The molecule has 7 rings (SSSR count). The van der Waals surface area contributed by atoms with Gasteiger partial charge in [-0.25, -0.2) is 14.5 Å². The Labute approximate surface area is 247 Å². The van der Waals surface area contributed by atoms with Crippen molar-refractivity contribution in [1.29, 1.82) is 0 Å². The molecule has 1 saturated carbocycles. The zero-order chi connectivity index (χ0) is 31.3. The van der Waals surface area contributed by atoms with Gasteiger partial charge in [-0.3, -0.25) is 4.79 Å². The largest absolute Gasteiger partial charge is 0.497 e. The number of anilines is 2. The number of hydrogen-bond donors (Lipinski definition) is 1. The molecular formula is C31H32N8O3. The number of hydrogen-bond acceptors (Lipinski definition) is 9. The summed E-state index contributed by atoms with van der Waals surface area (Å²) in [6, 6.07) is 12.8. The molecule has 0 spiro atoms. The van der Waals surface area contributed by atoms with E-state index in [9.17, 15) is 4.79 Å². The number of rotatable bonds is 8. The van der Waals surface area contributed by atoms with Crippen LogP contribution in [0.5, 0.6) is 5.75 Å². The number of carbonyl (C=O) groups excluding carboxylic acids is 1. The van der Waals surface area contributed by atoms with Gasteiger partial charge in [0.2, 0.25) is 5.91 Å². The van der Waals surface area contributed by atoms with Gasteiger partial charge in [-0.05, 0) is 54.2 Å². The lowest BCUT2D eigenvalue weighted by Crippen LogP contribution is -2.19. The van der Waals surface area contributed by atoms with Crippen LogP contribution in [0.3, 0.4) is 0 Å². The average Bonchev–Trinajstić information content (AvgIpc) is 3.37. The first-order valence-electron chi connectivity index (χ1n) is 15.5. The Hall–Kier alpha value is -4.64. The quantitative estimate of drug-likeness (QED) is 0.289. The summed E-state index contributed by atoms with van der Waals surface area (Å²) in [6.07, 6.45) is 5.29. The zero-order valence-corrected chi connectivity index (χ0v) is 23.3. The summed E-state index contributed by atoms with van der Waals surface area (Å²) >= 11 is 0. The predicted octanol–water partition coefficient (Wildman–Crippen LogP) is 4.48. The van der Waals surface area contributed by atoms with Crippen molar-refractivity contribution in [2.45, 2.75) is 32.2 Å². The van der Waals surface area contributed by atoms with Crippen molar-refractivity contribution < 1.29 is 18.4 Å². The van der Waals surface area contributed by atoms with Gasteiger partial charge in [-0.15, -0.1) is 15.3 Å². The fourth-order valence-electron chi connectivity index (χ4n) is 5.40. The highest BCUT2D eigenvalue weighted by molar-refractivity contribution is 6.01. The molecule has 11 nitrogen and oxygen atoms in total. The third-order valence-electron chi connectivity index (χ3n) is 8.06. The number of nitrogens with zero attached hydrogens (tertiary/aromatic N) is 7. The molecular weight excluding hydrogens is 532 g/mol. The highest BCUT2D eigenvalue weighted by atomic mass is 16.5. The molecule has 214 valence electrons. The van der Waals surface area contributed by atoms with E-state index >= 15 is 0 Å². The third-order valence-corrected chi connectivity index (χ3v) is 8.06. The summed E-state index contributed by atoms with van der Waals surface area (Å²) in [5.74, 6) is 1.86. The molecule has 5 heterocycles. The molecule has 0 radical (unpaired) electrons. The molecule has 1 unspecified atom stereocenters. The van der Waals surface area contributed by atoms with Crippen molar-refractivity contribution in [3.8, 4) is 17.1 Å². The minimum absolute atomic E-state index is 0.0297. The molecule has 2 fully saturated rings. The topological polar surface area (TPSA) is 120 Å². The number of pyridine rings is 2. The first-order valence-corrected chi connectivity index (χ1v) is 14.0. The van der Waals surface area contributed by atoms with E-state index in [4.69, 9.17) is 23.7 Å². The summed E-state index contributed by atoms with van der Waals surface area (Å²) in [4.78, 5) is 23.4. The molecule has 0 bridgehead atoms. The van der Waals surface area contributed by atoms with Gasteiger partial charge in [-0.2, -0.15) is 0 Å². The maximum Gasteiger partial charge on any atom is 0.228 e. The molecule has 1 aliphatic heterocycles. The lowest BCUT2D eigenvalue weighted by molar-refractivity contribution is -0.117. The monoisotopic (exact) mass is 567 g/mol. The number of carbonyl (C=O) groups is 1. The molecule has 11 heteroatoms. The van der Waals surface area contributed by atoms with Crippen molar-refractivity contribution in [3.05, 3.63) is 66.0 Å². The summed E-state index contributed by atoms with van der Waals surface area (Å²) < 4.78 is 37.7. The van der Waals surface area contributed by atoms with Crippen LogP contribution in [0.25, 0.3) is 27.9 Å². The van der Waals surface area contributed by atoms with Gasteiger partial charge in [0.15, 0.2) is 23.1 Å². The Morgan fingerprint density at radius 2 is 2.10 bits per heavy atom. The molecule has 1 N–H and O–H groups in total. The van der Waals surface area contributed by atoms with Crippen molar-refractivity contribution in [3.63, 3.8) is 0 Å². The molecule has 1 aromatic carbocycles. The third kappa shape index (κ3) is 5.00. The minimum Gasteiger partial charge on any atom is -0.497 e. The van der Waals surface area contributed by atoms with Gasteiger partial charge >= 0.3 is 0 Å². The van der Waals surface area contributed by atoms with E-state index in [1.165, 1.54) is 4.90 Å². The Kier molecular flexibility index (Phi) is 5.82. The number of fused-ring (bicyclic) bond motifs is 2. The molecule has 1 amide bonds. The van der Waals surface area contributed by atoms with Gasteiger partial charge < -0.3 is 19.7 Å². The Morgan fingerprint density at radius 1 is 1.24 bits per heavy atom. The van der Waals surface area contributed by atoms with Crippen LogP contribution in [0.2, 0.25) is 0 Å². The number of amides is 1. The van der Waals surface area contributed by atoms with Crippen LogP contribution in [0.15, 0.2) is 54.9 Å². The van der Waals surface area contributed by atoms with E-state index in [1.54, 1.807) is 48.2 Å². The van der Waals surface area contributed by atoms with Gasteiger partial charge in [0, 0.05) is 59.4 Å². The summed E-state index contributed by atoms with van der Waals surface area (Å²) in [5, 5.41) is 16.8. The van der Waals surface area contributed by atoms with Gasteiger partial charge in [-0.1, -0.05) is 25.1 Å². The predicted molar refractivity (Wildman–Crippen MR) is 158 cm³/mol. The maximum absolute atomic E-state index is 12.8. The van der Waals surface area contributed by atoms with Crippen molar-refractivity contribution in [1.82, 2.24) is 29.8 Å². The zero-order valence-electron chi connectivity index (χ0n) is 26.3. The highest BCUT2D eigenvalue weighted by Gasteiger charge is 2.39. The van der Waals surface area contributed by atoms with Crippen LogP contribution in [0.4, 0.5) is 11.6 Å². The second-order valence-electron chi connectivity index (χ2n) is 11.0. The van der Waals surface area contributed by atoms with E-state index in [2.05, 4.69) is 20.5 Å². The van der Waals surface area contributed by atoms with E-state index in [0.29, 0.717) is 46.6 Å². The smallest absolute Gasteiger partial charge is 0.228 e. The lowest BCUT2D eigenvalue weighted by atomic mass is 10.0. The second-order valence-corrected chi connectivity index (χ2v) is 11.0. The minimum atomic E-state index is -2.56. The Morgan fingerprint density at radius 3 is 2.83 bits per heavy atom. The summed E-state index contributed by atoms with van der Waals surface area (Å²) in [7, 11) is 1.57. The standard InChI is InChI=1S/C31H32N8O3/c1-18-12-23(18)31(40)33-26-13-24-25(29-34-27-9-6-20(16-39(27)37-29)21-10-11-42-17-21)14-32-30(28(24)36-35-26)38(2)15-19-4-7-22(41-3)8-5-19/h4-9,13-14,16,18,21,23H,10-12,15,17H2,1-3H3,(H,33,35,40)/t18-,21?,23+/m1/s1/i2D3. The van der Waals surface area contributed by atoms with Crippen molar-refractivity contribution >= 4 is 34.1 Å². The number of ether oxygens (including phenoxy) is 2. The van der Waals surface area contributed by atoms with Gasteiger partial charge in [0.05, 0.1) is 13.7 Å². The van der Waals surface area contributed by atoms with Gasteiger partial charge in [0.25, 0.3) is 0 Å². The highest BCUT2D eigenvalue weighted by Crippen LogP contribution is 2.39. The fraction of sp³-hybridized carbons (Fsp3) is 0.355. The van der Waals surface area contributed by atoms with Crippen LogP contribution in [0, 0.1) is 11.8 Å². The number of benzene rings is 1. The van der Waals surface area contributed by atoms with Crippen molar-refractivity contribution in [2.75, 3.05) is 37.5 Å². The SMILES string of the molecule is [2H]C([2H])([2H])N(Cc1ccc(OC)cc1)c1ncc(-c2nc3ccc(C4CCOC4)cn3n2)c2cc(NC(=O)[C@H]3C[C@H]3C)nnc12. The van der Waals surface area contributed by atoms with Crippen LogP contribution < -0.4 is 15.0 Å². The van der Waals surface area contributed by atoms with Crippen LogP contribution in [-0.2, 0) is 16.1 Å². The fourth-order valence-corrected chi connectivity index (χ4v) is 5.40. The molecule has 2 aliphatic rings. The first-order chi connectivity index (χ1) is 21.7. The van der Waals surface area contributed by atoms with E-state index in [0.717, 1.165) is 30.6 Å². The Bertz CT molecular complexity index is 1890. The number of nitrogens with one attached hydrogen (secondary N) is 1. The normalized spacial score (nSPS) is 21.1. The van der Waals surface area contributed by atoms with Crippen LogP contribution in [-0.4, -0.2) is 63.0 Å². The molecule has 1 aliphatic carbocycles. The Balaban J connectivity index is 1.33. The molecule has 1 saturated heterocycles. The summed E-state index contributed by atoms with van der Waals surface area (Å²) in [5.41, 5.74) is 3.28. The molecule has 3 atom stereocenters.